The number of amides is 1. The first-order valence-electron chi connectivity index (χ1n) is 6.89. The Bertz CT molecular complexity index is 697. The van der Waals surface area contributed by atoms with Crippen LogP contribution in [-0.4, -0.2) is 20.1 Å². The molecule has 1 amide bonds. The summed E-state index contributed by atoms with van der Waals surface area (Å²) < 4.78 is 5.37. The molecule has 1 aliphatic heterocycles. The Labute approximate surface area is 124 Å². The number of anilines is 1. The van der Waals surface area contributed by atoms with E-state index in [-0.39, 0.29) is 11.9 Å². The molecule has 1 aliphatic rings. The predicted octanol–water partition coefficient (Wildman–Crippen LogP) is 2.26. The van der Waals surface area contributed by atoms with E-state index < -0.39 is 0 Å². The minimum Gasteiger partial charge on any atom is -0.496 e. The predicted molar refractivity (Wildman–Crippen MR) is 82.6 cm³/mol. The van der Waals surface area contributed by atoms with E-state index in [0.717, 1.165) is 28.1 Å². The molecule has 2 aromatic carbocycles. The fraction of sp³-hybridized carbons (Fsp3) is 0.235. The molecular formula is C17H18N2O2. The van der Waals surface area contributed by atoms with Crippen LogP contribution in [0.15, 0.2) is 42.5 Å². The van der Waals surface area contributed by atoms with Crippen LogP contribution >= 0.6 is 0 Å². The zero-order valence-electron chi connectivity index (χ0n) is 12.2. The van der Waals surface area contributed by atoms with Crippen molar-refractivity contribution in [3.63, 3.8) is 0 Å². The average molecular weight is 282 g/mol. The van der Waals surface area contributed by atoms with Gasteiger partial charge in [0.25, 0.3) is 0 Å². The van der Waals surface area contributed by atoms with Crippen LogP contribution in [-0.2, 0) is 11.2 Å². The van der Waals surface area contributed by atoms with Crippen LogP contribution < -0.4 is 15.4 Å². The maximum atomic E-state index is 11.8. The molecule has 21 heavy (non-hydrogen) atoms. The monoisotopic (exact) mass is 282 g/mol. The van der Waals surface area contributed by atoms with Crippen molar-refractivity contribution in [3.05, 3.63) is 59.2 Å². The van der Waals surface area contributed by atoms with Crippen LogP contribution in [0.25, 0.3) is 0 Å². The molecule has 0 aliphatic carbocycles. The lowest BCUT2D eigenvalue weighted by molar-refractivity contribution is -0.117. The number of fused-ring (bicyclic) bond motifs is 1. The van der Waals surface area contributed by atoms with E-state index in [1.165, 1.54) is 0 Å². The quantitative estimate of drug-likeness (QED) is 0.939. The van der Waals surface area contributed by atoms with Gasteiger partial charge < -0.3 is 15.4 Å². The van der Waals surface area contributed by atoms with E-state index >= 15 is 0 Å². The van der Waals surface area contributed by atoms with Gasteiger partial charge in [-0.05, 0) is 23.3 Å². The molecule has 0 fully saturated rings. The lowest BCUT2D eigenvalue weighted by atomic mass is 9.96. The number of hydrogen-bond donors (Lipinski definition) is 1. The summed E-state index contributed by atoms with van der Waals surface area (Å²) in [6, 6.07) is 13.4. The molecule has 0 saturated heterocycles. The number of rotatable bonds is 3. The normalized spacial score (nSPS) is 15.0. The van der Waals surface area contributed by atoms with Gasteiger partial charge in [-0.1, -0.05) is 30.3 Å². The van der Waals surface area contributed by atoms with Gasteiger partial charge >= 0.3 is 0 Å². The standard InChI is InChI=1S/C17H18N2O2/c1-19-14-8-7-11(9-12(14)10-16(19)20)17(18)13-5-3-4-6-15(13)21-2/h3-9,17H,10,18H2,1-2H3. The number of carbonyl (C=O) groups excluding carboxylic acids is 1. The van der Waals surface area contributed by atoms with Crippen molar-refractivity contribution < 1.29 is 9.53 Å². The summed E-state index contributed by atoms with van der Waals surface area (Å²) >= 11 is 0. The maximum Gasteiger partial charge on any atom is 0.231 e. The molecule has 4 nitrogen and oxygen atoms in total. The zero-order valence-corrected chi connectivity index (χ0v) is 12.2. The highest BCUT2D eigenvalue weighted by atomic mass is 16.5. The van der Waals surface area contributed by atoms with Crippen LogP contribution in [0.5, 0.6) is 5.75 Å². The number of benzene rings is 2. The Morgan fingerprint density at radius 3 is 2.76 bits per heavy atom. The largest absolute Gasteiger partial charge is 0.496 e. The fourth-order valence-corrected chi connectivity index (χ4v) is 2.79. The second kappa shape index (κ2) is 5.22. The third-order valence-corrected chi connectivity index (χ3v) is 4.01. The Morgan fingerprint density at radius 2 is 2.00 bits per heavy atom. The maximum absolute atomic E-state index is 11.8. The summed E-state index contributed by atoms with van der Waals surface area (Å²) in [5.74, 6) is 0.895. The van der Waals surface area contributed by atoms with E-state index in [0.29, 0.717) is 6.42 Å². The Balaban J connectivity index is 1.98. The van der Waals surface area contributed by atoms with E-state index in [1.807, 2.05) is 42.5 Å². The number of carbonyl (C=O) groups is 1. The second-order valence-corrected chi connectivity index (χ2v) is 5.24. The molecule has 1 unspecified atom stereocenters. The third kappa shape index (κ3) is 2.28. The van der Waals surface area contributed by atoms with Crippen molar-refractivity contribution in [3.8, 4) is 5.75 Å². The van der Waals surface area contributed by atoms with Crippen LogP contribution in [0.3, 0.4) is 0 Å². The number of methoxy groups -OCH3 is 1. The molecule has 0 aromatic heterocycles. The summed E-state index contributed by atoms with van der Waals surface area (Å²) in [5.41, 5.74) is 10.3. The van der Waals surface area contributed by atoms with Crippen molar-refractivity contribution in [1.29, 1.82) is 0 Å². The molecule has 4 heteroatoms. The third-order valence-electron chi connectivity index (χ3n) is 4.01. The minimum absolute atomic E-state index is 0.119. The minimum atomic E-state index is -0.271. The molecule has 0 bridgehead atoms. The highest BCUT2D eigenvalue weighted by Gasteiger charge is 2.25. The van der Waals surface area contributed by atoms with E-state index in [1.54, 1.807) is 19.1 Å². The molecule has 108 valence electrons. The van der Waals surface area contributed by atoms with E-state index in [9.17, 15) is 4.79 Å². The van der Waals surface area contributed by atoms with Crippen molar-refractivity contribution >= 4 is 11.6 Å². The summed E-state index contributed by atoms with van der Waals surface area (Å²) in [6.07, 6.45) is 0.443. The number of nitrogens with two attached hydrogens (primary N) is 1. The molecule has 1 atom stereocenters. The first kappa shape index (κ1) is 13.6. The van der Waals surface area contributed by atoms with Crippen LogP contribution in [0.1, 0.15) is 22.7 Å². The van der Waals surface area contributed by atoms with Gasteiger partial charge in [-0.3, -0.25) is 4.79 Å². The van der Waals surface area contributed by atoms with Gasteiger partial charge in [0, 0.05) is 18.3 Å². The van der Waals surface area contributed by atoms with Crippen molar-refractivity contribution in [1.82, 2.24) is 0 Å². The average Bonchev–Trinajstić information content (AvgIpc) is 2.80. The van der Waals surface area contributed by atoms with Gasteiger partial charge in [-0.15, -0.1) is 0 Å². The number of hydrogen-bond acceptors (Lipinski definition) is 3. The Morgan fingerprint density at radius 1 is 1.24 bits per heavy atom. The second-order valence-electron chi connectivity index (χ2n) is 5.24. The number of ether oxygens (including phenoxy) is 1. The topological polar surface area (TPSA) is 55.6 Å². The van der Waals surface area contributed by atoms with Gasteiger partial charge in [0.1, 0.15) is 5.75 Å². The molecule has 1 heterocycles. The lowest BCUT2D eigenvalue weighted by Gasteiger charge is -2.17. The Hall–Kier alpha value is -2.33. The summed E-state index contributed by atoms with van der Waals surface area (Å²) in [4.78, 5) is 13.4. The number of nitrogens with zero attached hydrogens (tertiary/aromatic N) is 1. The fourth-order valence-electron chi connectivity index (χ4n) is 2.79. The highest BCUT2D eigenvalue weighted by molar-refractivity contribution is 6.00. The van der Waals surface area contributed by atoms with Crippen molar-refractivity contribution in [2.75, 3.05) is 19.1 Å². The summed E-state index contributed by atoms with van der Waals surface area (Å²) in [7, 11) is 3.44. The van der Waals surface area contributed by atoms with E-state index in [2.05, 4.69) is 0 Å². The first-order chi connectivity index (χ1) is 10.1. The first-order valence-corrected chi connectivity index (χ1v) is 6.89. The lowest BCUT2D eigenvalue weighted by Crippen LogP contribution is -2.20. The number of para-hydroxylation sites is 1. The van der Waals surface area contributed by atoms with Gasteiger partial charge in [0.2, 0.25) is 5.91 Å². The van der Waals surface area contributed by atoms with Crippen molar-refractivity contribution in [2.24, 2.45) is 5.73 Å². The zero-order chi connectivity index (χ0) is 15.0. The van der Waals surface area contributed by atoms with E-state index in [4.69, 9.17) is 10.5 Å². The molecule has 0 radical (unpaired) electrons. The summed E-state index contributed by atoms with van der Waals surface area (Å²) in [5, 5.41) is 0. The molecule has 2 aromatic rings. The van der Waals surface area contributed by atoms with Crippen LogP contribution in [0, 0.1) is 0 Å². The van der Waals surface area contributed by atoms with Gasteiger partial charge in [0.15, 0.2) is 0 Å². The molecule has 2 N–H and O–H groups in total. The van der Waals surface area contributed by atoms with Crippen LogP contribution in [0.2, 0.25) is 0 Å². The SMILES string of the molecule is COc1ccccc1C(N)c1ccc2c(c1)CC(=O)N2C. The molecule has 3 rings (SSSR count). The van der Waals surface area contributed by atoms with Gasteiger partial charge in [0.05, 0.1) is 19.6 Å². The molecule has 0 spiro atoms. The Kier molecular flexibility index (Phi) is 3.39. The number of likely N-dealkylation sites (N-methyl/N-ethyl adjacent to an activating group) is 1. The molecular weight excluding hydrogens is 264 g/mol. The van der Waals surface area contributed by atoms with Gasteiger partial charge in [-0.2, -0.15) is 0 Å². The highest BCUT2D eigenvalue weighted by Crippen LogP contribution is 2.33. The summed E-state index contributed by atoms with van der Waals surface area (Å²) in [6.45, 7) is 0. The molecule has 0 saturated carbocycles. The smallest absolute Gasteiger partial charge is 0.231 e. The van der Waals surface area contributed by atoms with Gasteiger partial charge in [-0.25, -0.2) is 0 Å². The van der Waals surface area contributed by atoms with Crippen molar-refractivity contribution in [2.45, 2.75) is 12.5 Å². The van der Waals surface area contributed by atoms with Crippen LogP contribution in [0.4, 0.5) is 5.69 Å².